The second-order valence-corrected chi connectivity index (χ2v) is 4.46. The molecule has 1 heterocycles. The normalized spacial score (nSPS) is 19.2. The van der Waals surface area contributed by atoms with Crippen molar-refractivity contribution >= 4 is 11.9 Å². The minimum Gasteiger partial charge on any atom is -0.508 e. The average molecular weight is 249 g/mol. The summed E-state index contributed by atoms with van der Waals surface area (Å²) in [4.78, 5) is 23.9. The summed E-state index contributed by atoms with van der Waals surface area (Å²) in [5, 5.41) is 18.5. The lowest BCUT2D eigenvalue weighted by molar-refractivity contribution is -0.141. The molecule has 1 aromatic rings. The Bertz CT molecular complexity index is 472. The van der Waals surface area contributed by atoms with Crippen LogP contribution in [0, 0.1) is 5.92 Å². The van der Waals surface area contributed by atoms with Gasteiger partial charge in [-0.2, -0.15) is 0 Å². The molecule has 0 aliphatic carbocycles. The fraction of sp³-hybridized carbons (Fsp3) is 0.385. The van der Waals surface area contributed by atoms with Crippen LogP contribution in [0.5, 0.6) is 5.75 Å². The van der Waals surface area contributed by atoms with Gasteiger partial charge in [0.1, 0.15) is 5.75 Å². The molecule has 2 rings (SSSR count). The predicted molar refractivity (Wildman–Crippen MR) is 64.1 cm³/mol. The quantitative estimate of drug-likeness (QED) is 0.830. The van der Waals surface area contributed by atoms with E-state index in [0.29, 0.717) is 13.0 Å². The maximum absolute atomic E-state index is 11.6. The molecule has 0 saturated carbocycles. The molecule has 1 aliphatic heterocycles. The fourth-order valence-electron chi connectivity index (χ4n) is 2.13. The van der Waals surface area contributed by atoms with E-state index in [-0.39, 0.29) is 24.6 Å². The van der Waals surface area contributed by atoms with E-state index in [9.17, 15) is 14.7 Å². The van der Waals surface area contributed by atoms with Gasteiger partial charge in [-0.05, 0) is 18.1 Å². The number of para-hydroxylation sites is 1. The second-order valence-electron chi connectivity index (χ2n) is 4.46. The van der Waals surface area contributed by atoms with Gasteiger partial charge in [-0.15, -0.1) is 0 Å². The van der Waals surface area contributed by atoms with E-state index in [1.54, 1.807) is 23.1 Å². The molecule has 1 saturated heterocycles. The molecule has 1 aromatic carbocycles. The highest BCUT2D eigenvalue weighted by Crippen LogP contribution is 2.20. The van der Waals surface area contributed by atoms with E-state index >= 15 is 0 Å². The molecule has 0 spiro atoms. The second kappa shape index (κ2) is 5.08. The van der Waals surface area contributed by atoms with Crippen molar-refractivity contribution in [3.63, 3.8) is 0 Å². The molecule has 1 unspecified atom stereocenters. The summed E-state index contributed by atoms with van der Waals surface area (Å²) in [5.41, 5.74) is 0.768. The van der Waals surface area contributed by atoms with Crippen molar-refractivity contribution in [2.75, 3.05) is 13.1 Å². The number of hydrogen-bond acceptors (Lipinski definition) is 3. The van der Waals surface area contributed by atoms with E-state index in [1.165, 1.54) is 0 Å². The summed E-state index contributed by atoms with van der Waals surface area (Å²) in [6.45, 7) is 0.710. The first-order valence-corrected chi connectivity index (χ1v) is 5.85. The smallest absolute Gasteiger partial charge is 0.308 e. The maximum atomic E-state index is 11.6. The summed E-state index contributed by atoms with van der Waals surface area (Å²) in [5.74, 6) is -1.44. The summed E-state index contributed by atoms with van der Waals surface area (Å²) < 4.78 is 0. The summed E-state index contributed by atoms with van der Waals surface area (Å²) in [7, 11) is 0. The molecule has 5 heteroatoms. The Morgan fingerprint density at radius 1 is 1.39 bits per heavy atom. The van der Waals surface area contributed by atoms with E-state index in [1.807, 2.05) is 6.07 Å². The largest absolute Gasteiger partial charge is 0.508 e. The van der Waals surface area contributed by atoms with Crippen molar-refractivity contribution in [2.24, 2.45) is 5.92 Å². The minimum atomic E-state index is -0.923. The molecule has 0 aromatic heterocycles. The number of rotatable bonds is 4. The summed E-state index contributed by atoms with van der Waals surface area (Å²) in [6, 6.07) is 6.95. The van der Waals surface area contributed by atoms with Gasteiger partial charge in [0.05, 0.1) is 5.92 Å². The highest BCUT2D eigenvalue weighted by molar-refractivity contribution is 5.86. The molecular formula is C13H15NO4. The molecule has 96 valence electrons. The van der Waals surface area contributed by atoms with Gasteiger partial charge in [0, 0.05) is 19.5 Å². The Hall–Kier alpha value is -2.04. The highest BCUT2D eigenvalue weighted by Gasteiger charge is 2.33. The number of carbonyl (C=O) groups is 2. The molecule has 1 amide bonds. The van der Waals surface area contributed by atoms with Gasteiger partial charge >= 0.3 is 5.97 Å². The SMILES string of the molecule is O=C(O)C1CC(=O)N(CCc2ccccc2O)C1. The Labute approximate surface area is 105 Å². The van der Waals surface area contributed by atoms with Crippen molar-refractivity contribution in [1.29, 1.82) is 0 Å². The Kier molecular flexibility index (Phi) is 3.50. The minimum absolute atomic E-state index is 0.0795. The summed E-state index contributed by atoms with van der Waals surface area (Å²) in [6.07, 6.45) is 0.612. The number of carbonyl (C=O) groups excluding carboxylic acids is 1. The molecule has 1 fully saturated rings. The Morgan fingerprint density at radius 2 is 2.11 bits per heavy atom. The van der Waals surface area contributed by atoms with E-state index in [0.717, 1.165) is 5.56 Å². The average Bonchev–Trinajstić information content (AvgIpc) is 2.70. The molecule has 1 aliphatic rings. The maximum Gasteiger partial charge on any atom is 0.308 e. The first-order valence-electron chi connectivity index (χ1n) is 5.85. The van der Waals surface area contributed by atoms with Crippen LogP contribution in [-0.4, -0.2) is 40.1 Å². The number of nitrogens with zero attached hydrogens (tertiary/aromatic N) is 1. The van der Waals surface area contributed by atoms with Gasteiger partial charge < -0.3 is 15.1 Å². The molecule has 18 heavy (non-hydrogen) atoms. The van der Waals surface area contributed by atoms with Gasteiger partial charge in [-0.1, -0.05) is 18.2 Å². The molecule has 2 N–H and O–H groups in total. The van der Waals surface area contributed by atoms with Gasteiger partial charge in [0.25, 0.3) is 0 Å². The zero-order valence-corrected chi connectivity index (χ0v) is 9.87. The molecule has 1 atom stereocenters. The van der Waals surface area contributed by atoms with E-state index in [2.05, 4.69) is 0 Å². The van der Waals surface area contributed by atoms with Crippen LogP contribution < -0.4 is 0 Å². The van der Waals surface area contributed by atoms with Gasteiger partial charge in [0.2, 0.25) is 5.91 Å². The number of phenols is 1. The first-order chi connectivity index (χ1) is 8.58. The third-order valence-corrected chi connectivity index (χ3v) is 3.21. The first kappa shape index (κ1) is 12.4. The summed E-state index contributed by atoms with van der Waals surface area (Å²) >= 11 is 0. The van der Waals surface area contributed by atoms with E-state index in [4.69, 9.17) is 5.11 Å². The zero-order valence-electron chi connectivity index (χ0n) is 9.87. The number of benzene rings is 1. The van der Waals surface area contributed by atoms with Gasteiger partial charge in [-0.25, -0.2) is 0 Å². The number of aliphatic carboxylic acids is 1. The van der Waals surface area contributed by atoms with E-state index < -0.39 is 11.9 Å². The number of carboxylic acids is 1. The zero-order chi connectivity index (χ0) is 13.1. The van der Waals surface area contributed by atoms with Gasteiger partial charge in [0.15, 0.2) is 0 Å². The molecule has 0 radical (unpaired) electrons. The molecule has 5 nitrogen and oxygen atoms in total. The van der Waals surface area contributed by atoms with Crippen LogP contribution >= 0.6 is 0 Å². The Morgan fingerprint density at radius 3 is 2.72 bits per heavy atom. The van der Waals surface area contributed by atoms with Crippen LogP contribution in [0.15, 0.2) is 24.3 Å². The van der Waals surface area contributed by atoms with Crippen LogP contribution in [0.25, 0.3) is 0 Å². The third kappa shape index (κ3) is 2.61. The van der Waals surface area contributed by atoms with Crippen molar-refractivity contribution in [1.82, 2.24) is 4.90 Å². The predicted octanol–water partition coefficient (Wildman–Crippen LogP) is 0.868. The van der Waals surface area contributed by atoms with Crippen LogP contribution in [0.2, 0.25) is 0 Å². The number of amides is 1. The van der Waals surface area contributed by atoms with Gasteiger partial charge in [-0.3, -0.25) is 9.59 Å². The van der Waals surface area contributed by atoms with Crippen LogP contribution in [0.4, 0.5) is 0 Å². The van der Waals surface area contributed by atoms with Crippen molar-refractivity contribution in [3.8, 4) is 5.75 Å². The monoisotopic (exact) mass is 249 g/mol. The highest BCUT2D eigenvalue weighted by atomic mass is 16.4. The number of carboxylic acid groups (broad SMARTS) is 1. The number of likely N-dealkylation sites (tertiary alicyclic amines) is 1. The number of phenolic OH excluding ortho intramolecular Hbond substituents is 1. The molecule has 0 bridgehead atoms. The lowest BCUT2D eigenvalue weighted by Crippen LogP contribution is -2.28. The van der Waals surface area contributed by atoms with Crippen molar-refractivity contribution in [2.45, 2.75) is 12.8 Å². The topological polar surface area (TPSA) is 77.8 Å². The van der Waals surface area contributed by atoms with Crippen molar-refractivity contribution < 1.29 is 19.8 Å². The standard InChI is InChI=1S/C13H15NO4/c15-11-4-2-1-3-9(11)5-6-14-8-10(13(17)18)7-12(14)16/h1-4,10,15H,5-8H2,(H,17,18). The molecular weight excluding hydrogens is 234 g/mol. The lowest BCUT2D eigenvalue weighted by Gasteiger charge is -2.16. The fourth-order valence-corrected chi connectivity index (χ4v) is 2.13. The van der Waals surface area contributed by atoms with Crippen LogP contribution in [-0.2, 0) is 16.0 Å². The third-order valence-electron chi connectivity index (χ3n) is 3.21. The van der Waals surface area contributed by atoms with Crippen LogP contribution in [0.3, 0.4) is 0 Å². The van der Waals surface area contributed by atoms with Crippen molar-refractivity contribution in [3.05, 3.63) is 29.8 Å². The number of hydrogen-bond donors (Lipinski definition) is 2. The van der Waals surface area contributed by atoms with Crippen LogP contribution in [0.1, 0.15) is 12.0 Å². The lowest BCUT2D eigenvalue weighted by atomic mass is 10.1. The Balaban J connectivity index is 1.93. The number of aromatic hydroxyl groups is 1.